The third kappa shape index (κ3) is 3.24. The topological polar surface area (TPSA) is 6.48 Å². The minimum absolute atomic E-state index is 0.698. The summed E-state index contributed by atoms with van der Waals surface area (Å²) in [5.41, 5.74) is 0. The molecule has 18 heavy (non-hydrogen) atoms. The molecule has 0 bridgehead atoms. The Morgan fingerprint density at radius 2 is 1.28 bits per heavy atom. The highest BCUT2D eigenvalue weighted by Crippen LogP contribution is 2.33. The SMILES string of the molecule is CCCCC(F)(N1CCCCC1)N1CCCCC1. The van der Waals surface area contributed by atoms with Crippen LogP contribution in [0.5, 0.6) is 0 Å². The first-order valence-corrected chi connectivity index (χ1v) is 7.96. The summed E-state index contributed by atoms with van der Waals surface area (Å²) in [4.78, 5) is 4.27. The van der Waals surface area contributed by atoms with Crippen molar-refractivity contribution in [2.45, 2.75) is 70.6 Å². The average Bonchev–Trinajstić information content (AvgIpc) is 2.46. The normalized spacial score (nSPS) is 24.3. The summed E-state index contributed by atoms with van der Waals surface area (Å²) in [7, 11) is 0. The molecule has 0 amide bonds. The number of hydrogen-bond acceptors (Lipinski definition) is 2. The lowest BCUT2D eigenvalue weighted by atomic mass is 10.0. The maximum atomic E-state index is 15.6. The fraction of sp³-hybridized carbons (Fsp3) is 1.00. The number of halogens is 1. The number of hydrogen-bond donors (Lipinski definition) is 0. The van der Waals surface area contributed by atoms with Crippen molar-refractivity contribution in [3.05, 3.63) is 0 Å². The zero-order valence-corrected chi connectivity index (χ0v) is 12.0. The summed E-state index contributed by atoms with van der Waals surface area (Å²) < 4.78 is 15.6. The molecule has 0 radical (unpaired) electrons. The average molecular weight is 256 g/mol. The number of piperidine rings is 2. The van der Waals surface area contributed by atoms with Crippen molar-refractivity contribution in [2.75, 3.05) is 26.2 Å². The van der Waals surface area contributed by atoms with Gasteiger partial charge in [-0.2, -0.15) is 0 Å². The lowest BCUT2D eigenvalue weighted by Crippen LogP contribution is -2.60. The van der Waals surface area contributed by atoms with Crippen LogP contribution in [0.25, 0.3) is 0 Å². The number of likely N-dealkylation sites (tertiary alicyclic amines) is 2. The second-order valence-corrected chi connectivity index (χ2v) is 5.92. The zero-order valence-electron chi connectivity index (χ0n) is 12.0. The Morgan fingerprint density at radius 3 is 1.67 bits per heavy atom. The lowest BCUT2D eigenvalue weighted by molar-refractivity contribution is -0.176. The van der Waals surface area contributed by atoms with Gasteiger partial charge in [0.1, 0.15) is 0 Å². The van der Waals surface area contributed by atoms with E-state index in [9.17, 15) is 0 Å². The molecular weight excluding hydrogens is 227 g/mol. The molecule has 2 heterocycles. The minimum atomic E-state index is -1.14. The molecule has 0 aromatic heterocycles. The molecule has 2 rings (SSSR count). The molecule has 2 aliphatic rings. The van der Waals surface area contributed by atoms with Gasteiger partial charge in [0.2, 0.25) is 5.92 Å². The van der Waals surface area contributed by atoms with Gasteiger partial charge >= 0.3 is 0 Å². The Labute approximate surface area is 112 Å². The quantitative estimate of drug-likeness (QED) is 0.691. The van der Waals surface area contributed by atoms with E-state index in [1.165, 1.54) is 38.5 Å². The van der Waals surface area contributed by atoms with E-state index in [2.05, 4.69) is 16.7 Å². The minimum Gasteiger partial charge on any atom is -0.259 e. The molecule has 2 saturated heterocycles. The maximum absolute atomic E-state index is 15.6. The van der Waals surface area contributed by atoms with Crippen molar-refractivity contribution >= 4 is 0 Å². The van der Waals surface area contributed by atoms with E-state index in [1.54, 1.807) is 0 Å². The first kappa shape index (κ1) is 14.3. The molecule has 0 saturated carbocycles. The van der Waals surface area contributed by atoms with Gasteiger partial charge in [-0.05, 0) is 32.1 Å². The molecule has 2 nitrogen and oxygen atoms in total. The highest BCUT2D eigenvalue weighted by Gasteiger charge is 2.42. The summed E-state index contributed by atoms with van der Waals surface area (Å²) >= 11 is 0. The van der Waals surface area contributed by atoms with E-state index in [4.69, 9.17) is 0 Å². The number of unbranched alkanes of at least 4 members (excludes halogenated alkanes) is 1. The van der Waals surface area contributed by atoms with Gasteiger partial charge in [-0.15, -0.1) is 0 Å². The highest BCUT2D eigenvalue weighted by atomic mass is 19.2. The number of alkyl halides is 1. The van der Waals surface area contributed by atoms with Crippen LogP contribution in [-0.4, -0.2) is 41.9 Å². The second-order valence-electron chi connectivity index (χ2n) is 5.92. The predicted molar refractivity (Wildman–Crippen MR) is 74.2 cm³/mol. The molecule has 0 spiro atoms. The lowest BCUT2D eigenvalue weighted by Gasteiger charge is -2.48. The van der Waals surface area contributed by atoms with Gasteiger partial charge in [0.25, 0.3) is 0 Å². The van der Waals surface area contributed by atoms with Crippen LogP contribution >= 0.6 is 0 Å². The largest absolute Gasteiger partial charge is 0.259 e. The second kappa shape index (κ2) is 6.85. The van der Waals surface area contributed by atoms with Crippen molar-refractivity contribution in [1.29, 1.82) is 0 Å². The van der Waals surface area contributed by atoms with Crippen LogP contribution in [-0.2, 0) is 0 Å². The smallest absolute Gasteiger partial charge is 0.220 e. The maximum Gasteiger partial charge on any atom is 0.220 e. The Morgan fingerprint density at radius 1 is 0.833 bits per heavy atom. The van der Waals surface area contributed by atoms with Gasteiger partial charge in [-0.1, -0.05) is 26.2 Å². The van der Waals surface area contributed by atoms with Crippen LogP contribution in [0.3, 0.4) is 0 Å². The standard InChI is InChI=1S/C15H29FN2/c1-2-3-10-15(16,17-11-6-4-7-12-17)18-13-8-5-9-14-18/h2-14H2,1H3. The molecule has 0 N–H and O–H groups in total. The van der Waals surface area contributed by atoms with E-state index >= 15 is 4.39 Å². The third-order valence-electron chi connectivity index (χ3n) is 4.53. The molecule has 0 aliphatic carbocycles. The van der Waals surface area contributed by atoms with Crippen LogP contribution in [0.1, 0.15) is 64.7 Å². The summed E-state index contributed by atoms with van der Waals surface area (Å²) in [6.45, 7) is 5.98. The Balaban J connectivity index is 2.04. The van der Waals surface area contributed by atoms with Gasteiger partial charge in [-0.25, -0.2) is 4.39 Å². The van der Waals surface area contributed by atoms with Gasteiger partial charge < -0.3 is 0 Å². The molecular formula is C15H29FN2. The molecule has 106 valence electrons. The first-order valence-electron chi connectivity index (χ1n) is 7.96. The van der Waals surface area contributed by atoms with Crippen LogP contribution in [0.4, 0.5) is 4.39 Å². The predicted octanol–water partition coefficient (Wildman–Crippen LogP) is 3.77. The Hall–Kier alpha value is -0.150. The van der Waals surface area contributed by atoms with Crippen molar-refractivity contribution in [1.82, 2.24) is 9.80 Å². The van der Waals surface area contributed by atoms with Crippen LogP contribution in [0, 0.1) is 0 Å². The van der Waals surface area contributed by atoms with Crippen molar-refractivity contribution < 1.29 is 4.39 Å². The summed E-state index contributed by atoms with van der Waals surface area (Å²) in [6, 6.07) is 0. The number of rotatable bonds is 5. The van der Waals surface area contributed by atoms with Gasteiger partial charge in [-0.3, -0.25) is 9.80 Å². The third-order valence-corrected chi connectivity index (χ3v) is 4.53. The fourth-order valence-corrected chi connectivity index (χ4v) is 3.39. The van der Waals surface area contributed by atoms with Gasteiger partial charge in [0, 0.05) is 32.6 Å². The van der Waals surface area contributed by atoms with Crippen LogP contribution in [0.15, 0.2) is 0 Å². The van der Waals surface area contributed by atoms with E-state index in [0.29, 0.717) is 6.42 Å². The molecule has 0 unspecified atom stereocenters. The van der Waals surface area contributed by atoms with Crippen LogP contribution in [0.2, 0.25) is 0 Å². The summed E-state index contributed by atoms with van der Waals surface area (Å²) in [5, 5.41) is 0. The summed E-state index contributed by atoms with van der Waals surface area (Å²) in [6.07, 6.45) is 10.0. The van der Waals surface area contributed by atoms with E-state index in [1.807, 2.05) is 0 Å². The first-order chi connectivity index (χ1) is 8.77. The van der Waals surface area contributed by atoms with Crippen molar-refractivity contribution in [2.24, 2.45) is 0 Å². The fourth-order valence-electron chi connectivity index (χ4n) is 3.39. The van der Waals surface area contributed by atoms with E-state index in [0.717, 1.165) is 39.0 Å². The Kier molecular flexibility index (Phi) is 5.43. The monoisotopic (exact) mass is 256 g/mol. The van der Waals surface area contributed by atoms with Crippen LogP contribution < -0.4 is 0 Å². The zero-order chi connectivity index (χ0) is 12.8. The van der Waals surface area contributed by atoms with Crippen molar-refractivity contribution in [3.8, 4) is 0 Å². The number of nitrogens with zero attached hydrogens (tertiary/aromatic N) is 2. The molecule has 3 heteroatoms. The molecule has 0 atom stereocenters. The molecule has 0 aromatic rings. The van der Waals surface area contributed by atoms with E-state index in [-0.39, 0.29) is 0 Å². The molecule has 0 aromatic carbocycles. The molecule has 2 aliphatic heterocycles. The molecule has 2 fully saturated rings. The highest BCUT2D eigenvalue weighted by molar-refractivity contribution is 4.85. The Bertz CT molecular complexity index is 215. The van der Waals surface area contributed by atoms with Gasteiger partial charge in [0.05, 0.1) is 0 Å². The van der Waals surface area contributed by atoms with Gasteiger partial charge in [0.15, 0.2) is 0 Å². The van der Waals surface area contributed by atoms with Crippen molar-refractivity contribution in [3.63, 3.8) is 0 Å². The summed E-state index contributed by atoms with van der Waals surface area (Å²) in [5.74, 6) is -1.14. The van der Waals surface area contributed by atoms with E-state index < -0.39 is 5.92 Å².